The van der Waals surface area contributed by atoms with Gasteiger partial charge in [-0.25, -0.2) is 8.78 Å². The van der Waals surface area contributed by atoms with E-state index in [-0.39, 0.29) is 36.6 Å². The summed E-state index contributed by atoms with van der Waals surface area (Å²) in [4.78, 5) is 15.1. The molecule has 178 valence electrons. The highest BCUT2D eigenvalue weighted by molar-refractivity contribution is 6.30. The Hall–Kier alpha value is -2.51. The third-order valence-electron chi connectivity index (χ3n) is 6.08. The predicted molar refractivity (Wildman–Crippen MR) is 129 cm³/mol. The van der Waals surface area contributed by atoms with Crippen molar-refractivity contribution in [2.45, 2.75) is 12.0 Å². The molecule has 0 bridgehead atoms. The van der Waals surface area contributed by atoms with Crippen molar-refractivity contribution in [1.29, 1.82) is 0 Å². The van der Waals surface area contributed by atoms with E-state index in [4.69, 9.17) is 28.3 Å². The first-order valence-corrected chi connectivity index (χ1v) is 11.7. The number of benzene rings is 3. The van der Waals surface area contributed by atoms with Crippen LogP contribution in [0.25, 0.3) is 0 Å². The molecule has 0 saturated carbocycles. The van der Waals surface area contributed by atoms with Crippen molar-refractivity contribution in [1.82, 2.24) is 10.2 Å². The van der Waals surface area contributed by atoms with E-state index in [0.717, 1.165) is 17.2 Å². The minimum atomic E-state index is -0.746. The Labute approximate surface area is 207 Å². The normalized spacial score (nSPS) is 15.2. The van der Waals surface area contributed by atoms with E-state index in [2.05, 4.69) is 10.2 Å². The maximum atomic E-state index is 14.0. The molecule has 0 aromatic heterocycles. The second-order valence-electron chi connectivity index (χ2n) is 8.41. The van der Waals surface area contributed by atoms with Gasteiger partial charge in [0, 0.05) is 41.7 Å². The number of carbonyl (C=O) groups excluding carboxylic acids is 1. The zero-order valence-corrected chi connectivity index (χ0v) is 19.7. The van der Waals surface area contributed by atoms with Gasteiger partial charge in [0.05, 0.1) is 18.6 Å². The van der Waals surface area contributed by atoms with Crippen LogP contribution in [0, 0.1) is 17.6 Å². The number of halogens is 4. The molecule has 1 amide bonds. The fraction of sp³-hybridized carbons (Fsp3) is 0.269. The minimum absolute atomic E-state index is 0.0712. The minimum Gasteiger partial charge on any atom is -0.395 e. The Balaban J connectivity index is 1.61. The summed E-state index contributed by atoms with van der Waals surface area (Å²) in [5.74, 6) is -2.73. The van der Waals surface area contributed by atoms with Crippen LogP contribution >= 0.6 is 23.2 Å². The average Bonchev–Trinajstić information content (AvgIpc) is 2.77. The van der Waals surface area contributed by atoms with Crippen molar-refractivity contribution in [2.24, 2.45) is 5.92 Å². The van der Waals surface area contributed by atoms with Crippen LogP contribution in [0.4, 0.5) is 8.78 Å². The molecule has 1 fully saturated rings. The number of hydrogen-bond acceptors (Lipinski definition) is 3. The lowest BCUT2D eigenvalue weighted by molar-refractivity contribution is -0.126. The van der Waals surface area contributed by atoms with Gasteiger partial charge in [0.2, 0.25) is 5.91 Å². The number of rotatable bonds is 8. The molecular weight excluding hydrogens is 481 g/mol. The lowest BCUT2D eigenvalue weighted by Crippen LogP contribution is -2.53. The Morgan fingerprint density at radius 2 is 1.41 bits per heavy atom. The van der Waals surface area contributed by atoms with E-state index in [0.29, 0.717) is 23.1 Å². The third-order valence-corrected chi connectivity index (χ3v) is 6.59. The molecule has 4 nitrogen and oxygen atoms in total. The topological polar surface area (TPSA) is 52.6 Å². The molecule has 0 aliphatic carbocycles. The number of aliphatic hydroxyl groups excluding tert-OH is 1. The Morgan fingerprint density at radius 3 is 1.88 bits per heavy atom. The van der Waals surface area contributed by atoms with Crippen molar-refractivity contribution in [3.05, 3.63) is 105 Å². The van der Waals surface area contributed by atoms with E-state index in [1.165, 1.54) is 12.1 Å². The molecule has 3 aromatic rings. The summed E-state index contributed by atoms with van der Waals surface area (Å²) in [7, 11) is 0. The molecule has 2 N–H and O–H groups in total. The smallest absolute Gasteiger partial charge is 0.228 e. The molecule has 34 heavy (non-hydrogen) atoms. The van der Waals surface area contributed by atoms with E-state index in [1.54, 1.807) is 0 Å². The Morgan fingerprint density at radius 1 is 0.912 bits per heavy atom. The second-order valence-corrected chi connectivity index (χ2v) is 9.29. The van der Waals surface area contributed by atoms with Crippen LogP contribution in [0.15, 0.2) is 66.7 Å². The molecule has 1 atom stereocenters. The van der Waals surface area contributed by atoms with Gasteiger partial charge in [-0.2, -0.15) is 0 Å². The third kappa shape index (κ3) is 5.58. The molecule has 3 aromatic carbocycles. The monoisotopic (exact) mass is 504 g/mol. The van der Waals surface area contributed by atoms with Gasteiger partial charge in [0.1, 0.15) is 11.6 Å². The van der Waals surface area contributed by atoms with Crippen LogP contribution < -0.4 is 5.32 Å². The lowest BCUT2D eigenvalue weighted by Gasteiger charge is -2.47. The number of amides is 1. The van der Waals surface area contributed by atoms with Crippen LogP contribution in [-0.4, -0.2) is 42.2 Å². The summed E-state index contributed by atoms with van der Waals surface area (Å²) in [5.41, 5.74) is 2.35. The summed E-state index contributed by atoms with van der Waals surface area (Å²) in [5, 5.41) is 13.0. The summed E-state index contributed by atoms with van der Waals surface area (Å²) < 4.78 is 27.9. The predicted octanol–water partition coefficient (Wildman–Crippen LogP) is 5.19. The number of nitrogens with zero attached hydrogens (tertiary/aromatic N) is 1. The Bertz CT molecular complexity index is 1070. The maximum Gasteiger partial charge on any atom is 0.228 e. The second kappa shape index (κ2) is 10.8. The highest BCUT2D eigenvalue weighted by Gasteiger charge is 2.42. The van der Waals surface area contributed by atoms with Crippen molar-refractivity contribution in [3.8, 4) is 0 Å². The first-order valence-electron chi connectivity index (χ1n) is 10.9. The summed E-state index contributed by atoms with van der Waals surface area (Å²) in [6.45, 7) is 0.917. The van der Waals surface area contributed by atoms with E-state index < -0.39 is 17.6 Å². The van der Waals surface area contributed by atoms with Crippen LogP contribution in [0.5, 0.6) is 0 Å². The van der Waals surface area contributed by atoms with Gasteiger partial charge in [0.25, 0.3) is 0 Å². The van der Waals surface area contributed by atoms with Crippen molar-refractivity contribution < 1.29 is 18.7 Å². The molecule has 1 aliphatic heterocycles. The number of nitrogens with one attached hydrogen (secondary N) is 1. The average molecular weight is 505 g/mol. The van der Waals surface area contributed by atoms with Crippen LogP contribution in [0.1, 0.15) is 28.7 Å². The summed E-state index contributed by atoms with van der Waals surface area (Å²) >= 11 is 12.2. The molecule has 1 saturated heterocycles. The molecule has 1 unspecified atom stereocenters. The van der Waals surface area contributed by atoms with E-state index >= 15 is 0 Å². The number of aliphatic hydroxyl groups is 1. The van der Waals surface area contributed by atoms with Crippen molar-refractivity contribution >= 4 is 29.1 Å². The van der Waals surface area contributed by atoms with Crippen molar-refractivity contribution in [3.63, 3.8) is 0 Å². The van der Waals surface area contributed by atoms with Crippen LogP contribution in [0.2, 0.25) is 10.0 Å². The Kier molecular flexibility index (Phi) is 7.84. The molecular formula is C26H24Cl2F2N2O2. The van der Waals surface area contributed by atoms with Gasteiger partial charge in [-0.3, -0.25) is 9.69 Å². The van der Waals surface area contributed by atoms with Gasteiger partial charge >= 0.3 is 0 Å². The highest BCUT2D eigenvalue weighted by Crippen LogP contribution is 2.40. The lowest BCUT2D eigenvalue weighted by atomic mass is 9.78. The number of likely N-dealkylation sites (tertiary alicyclic amines) is 1. The quantitative estimate of drug-likeness (QED) is 0.444. The molecule has 8 heteroatoms. The fourth-order valence-electron chi connectivity index (χ4n) is 4.56. The van der Waals surface area contributed by atoms with E-state index in [9.17, 15) is 13.6 Å². The summed E-state index contributed by atoms with van der Waals surface area (Å²) in [6.07, 6.45) is 0. The van der Waals surface area contributed by atoms with Crippen molar-refractivity contribution in [2.75, 3.05) is 26.2 Å². The van der Waals surface area contributed by atoms with Crippen LogP contribution in [-0.2, 0) is 4.79 Å². The summed E-state index contributed by atoms with van der Waals surface area (Å²) in [6, 6.07) is 18.3. The molecule has 0 spiro atoms. The first kappa shape index (κ1) is 24.6. The highest BCUT2D eigenvalue weighted by atomic mass is 35.5. The molecule has 0 radical (unpaired) electrons. The van der Waals surface area contributed by atoms with Gasteiger partial charge in [-0.15, -0.1) is 0 Å². The van der Waals surface area contributed by atoms with Crippen LogP contribution in [0.3, 0.4) is 0 Å². The maximum absolute atomic E-state index is 14.0. The van der Waals surface area contributed by atoms with Gasteiger partial charge < -0.3 is 10.4 Å². The number of hydrogen-bond donors (Lipinski definition) is 2. The largest absolute Gasteiger partial charge is 0.395 e. The zero-order valence-electron chi connectivity index (χ0n) is 18.2. The van der Waals surface area contributed by atoms with Gasteiger partial charge in [-0.1, -0.05) is 47.5 Å². The SMILES string of the molecule is O=C(NCCO)C(c1cc(F)cc(F)c1)C1CN(C(c2ccc(Cl)cc2)c2ccc(Cl)cc2)C1. The molecule has 1 aliphatic rings. The molecule has 4 rings (SSSR count). The zero-order chi connectivity index (χ0) is 24.2. The fourth-order valence-corrected chi connectivity index (χ4v) is 4.81. The number of carbonyl (C=O) groups is 1. The molecule has 1 heterocycles. The van der Waals surface area contributed by atoms with E-state index in [1.807, 2.05) is 48.5 Å². The first-order chi connectivity index (χ1) is 16.4. The van der Waals surface area contributed by atoms with Gasteiger partial charge in [0.15, 0.2) is 0 Å². The standard InChI is InChI=1S/C26H24Cl2F2N2O2/c27-20-5-1-16(2-6-20)25(17-3-7-21(28)8-4-17)32-14-19(15-32)24(26(34)31-9-10-33)18-11-22(29)13-23(30)12-18/h1-8,11-13,19,24-25,33H,9-10,14-15H2,(H,31,34). The van der Waals surface area contributed by atoms with Gasteiger partial charge in [-0.05, 0) is 53.1 Å².